The number of hydrogen-bond acceptors (Lipinski definition) is 0. The van der Waals surface area contributed by atoms with Gasteiger partial charge in [0.25, 0.3) is 0 Å². The fourth-order valence-electron chi connectivity index (χ4n) is 25.5. The molecule has 0 heterocycles. The Morgan fingerprint density at radius 1 is 0.185 bits per heavy atom. The Hall–Kier alpha value is -16.9. The summed E-state index contributed by atoms with van der Waals surface area (Å²) < 4.78 is 0. The van der Waals surface area contributed by atoms with E-state index in [0.29, 0.717) is 11.8 Å². The number of allylic oxidation sites excluding steroid dienone is 21. The van der Waals surface area contributed by atoms with Crippen molar-refractivity contribution >= 4 is 153 Å². The van der Waals surface area contributed by atoms with Crippen LogP contribution in [0.1, 0.15) is 120 Å². The number of rotatable bonds is 6. The van der Waals surface area contributed by atoms with Crippen LogP contribution in [0.3, 0.4) is 0 Å². The van der Waals surface area contributed by atoms with Crippen LogP contribution in [0, 0.1) is 11.8 Å². The SMILES string of the molecule is C1=CC2=CC=C3C=CC=C4C(C5=C6C(=C(c7ccccc7)c7cc8ccccc8cc76)c6c5ccc5ccccc65)=CC(=C1)C2C34.CC1(C)c2ccccc2-c2ccc(C3=C4C(=C(c5ccccc5)c5cc6ccccc6cc54)c4c3ccc3ccccc43)cc21.c1ccc(C2=C3C(=C(c4cc5ccccc5c5ccccc45)c4ccc5ccccc5c43)c3cc4ccccc4cc32)cc1. The third kappa shape index (κ3) is 11.0. The molecular weight excluding hydrogens is 1620 g/mol. The molecule has 2 unspecified atom stereocenters. The van der Waals surface area contributed by atoms with Gasteiger partial charge in [-0.05, 0) is 346 Å². The van der Waals surface area contributed by atoms with Gasteiger partial charge in [-0.2, -0.15) is 0 Å². The van der Waals surface area contributed by atoms with Gasteiger partial charge in [-0.15, -0.1) is 0 Å². The molecule has 0 aromatic heterocycles. The van der Waals surface area contributed by atoms with E-state index < -0.39 is 0 Å². The first kappa shape index (κ1) is 75.9. The second-order valence-electron chi connectivity index (χ2n) is 38.4. The zero-order chi connectivity index (χ0) is 88.6. The van der Waals surface area contributed by atoms with E-state index in [2.05, 4.69) is 475 Å². The summed E-state index contributed by atoms with van der Waals surface area (Å²) in [7, 11) is 0. The van der Waals surface area contributed by atoms with E-state index in [1.807, 2.05) is 0 Å². The Labute approximate surface area is 784 Å². The summed E-state index contributed by atoms with van der Waals surface area (Å²) in [5.74, 6) is 0.708. The van der Waals surface area contributed by atoms with E-state index in [4.69, 9.17) is 0 Å². The lowest BCUT2D eigenvalue weighted by Gasteiger charge is -2.42. The first-order valence-electron chi connectivity index (χ1n) is 47.7. The summed E-state index contributed by atoms with van der Waals surface area (Å²) in [5.41, 5.74) is 51.3. The van der Waals surface area contributed by atoms with Crippen molar-refractivity contribution in [3.05, 3.63) is 595 Å². The van der Waals surface area contributed by atoms with Crippen molar-refractivity contribution in [1.29, 1.82) is 0 Å². The van der Waals surface area contributed by atoms with Gasteiger partial charge in [0.1, 0.15) is 0 Å². The molecule has 20 aromatic carbocycles. The highest BCUT2D eigenvalue weighted by atomic mass is 14.5. The molecule has 0 spiro atoms. The molecule has 0 N–H and O–H groups in total. The quantitative estimate of drug-likeness (QED) is 0.146. The molecule has 0 saturated carbocycles. The highest BCUT2D eigenvalue weighted by Gasteiger charge is 2.48. The van der Waals surface area contributed by atoms with Crippen molar-refractivity contribution in [2.24, 2.45) is 11.8 Å². The molecule has 0 amide bonds. The molecule has 31 rings (SSSR count). The monoisotopic (exact) mass is 1700 g/mol. The Kier molecular flexibility index (Phi) is 16.3. The van der Waals surface area contributed by atoms with Crippen LogP contribution in [0.4, 0.5) is 0 Å². The molecule has 135 heavy (non-hydrogen) atoms. The molecule has 11 aliphatic carbocycles. The zero-order valence-corrected chi connectivity index (χ0v) is 74.5. The van der Waals surface area contributed by atoms with Gasteiger partial charge in [0.05, 0.1) is 0 Å². The van der Waals surface area contributed by atoms with Crippen LogP contribution in [0.2, 0.25) is 0 Å². The maximum Gasteiger partial charge on any atom is 0.0205 e. The second kappa shape index (κ2) is 29.0. The minimum Gasteiger partial charge on any atom is -0.0622 e. The molecular formula is C135H84. The molecule has 0 radical (unpaired) electrons. The van der Waals surface area contributed by atoms with Crippen LogP contribution >= 0.6 is 0 Å². The minimum absolute atomic E-state index is 0.0599. The van der Waals surface area contributed by atoms with Crippen LogP contribution in [0.5, 0.6) is 0 Å². The smallest absolute Gasteiger partial charge is 0.0205 e. The summed E-state index contributed by atoms with van der Waals surface area (Å²) >= 11 is 0. The maximum atomic E-state index is 2.53. The number of hydrogen-bond donors (Lipinski definition) is 0. The lowest BCUT2D eigenvalue weighted by molar-refractivity contribution is 0.559. The second-order valence-corrected chi connectivity index (χ2v) is 38.4. The van der Waals surface area contributed by atoms with Crippen LogP contribution in [-0.2, 0) is 5.41 Å². The molecule has 11 aliphatic rings. The Bertz CT molecular complexity index is 9310. The zero-order valence-electron chi connectivity index (χ0n) is 74.5. The highest BCUT2D eigenvalue weighted by Crippen LogP contribution is 2.67. The van der Waals surface area contributed by atoms with Gasteiger partial charge in [0, 0.05) is 17.3 Å². The van der Waals surface area contributed by atoms with E-state index in [1.165, 1.54) is 298 Å². The predicted octanol–water partition coefficient (Wildman–Crippen LogP) is 34.3. The molecule has 0 bridgehead atoms. The molecule has 0 heteroatoms. The molecule has 0 aliphatic heterocycles. The average molecular weight is 1710 g/mol. The van der Waals surface area contributed by atoms with Crippen LogP contribution in [-0.4, -0.2) is 0 Å². The van der Waals surface area contributed by atoms with Gasteiger partial charge in [-0.1, -0.05) is 426 Å². The lowest BCUT2D eigenvalue weighted by Crippen LogP contribution is -2.30. The third-order valence-electron chi connectivity index (χ3n) is 31.2. The molecule has 0 nitrogen and oxygen atoms in total. The summed E-state index contributed by atoms with van der Waals surface area (Å²) in [6.45, 7) is 4.76. The molecule has 624 valence electrons. The van der Waals surface area contributed by atoms with Gasteiger partial charge in [0.2, 0.25) is 0 Å². The van der Waals surface area contributed by atoms with Gasteiger partial charge < -0.3 is 0 Å². The van der Waals surface area contributed by atoms with E-state index in [9.17, 15) is 0 Å². The molecule has 0 saturated heterocycles. The van der Waals surface area contributed by atoms with Crippen molar-refractivity contribution in [2.45, 2.75) is 19.3 Å². The maximum absolute atomic E-state index is 2.53. The van der Waals surface area contributed by atoms with E-state index >= 15 is 0 Å². The van der Waals surface area contributed by atoms with Crippen molar-refractivity contribution < 1.29 is 0 Å². The normalized spacial score (nSPS) is 16.9. The Morgan fingerprint density at radius 2 is 0.526 bits per heavy atom. The van der Waals surface area contributed by atoms with Crippen molar-refractivity contribution in [1.82, 2.24) is 0 Å². The largest absolute Gasteiger partial charge is 0.0622 e. The summed E-state index contributed by atoms with van der Waals surface area (Å²) in [6.07, 6.45) is 21.1. The van der Waals surface area contributed by atoms with Crippen LogP contribution in [0.25, 0.3) is 164 Å². The number of fused-ring (bicyclic) bond motifs is 30. The minimum atomic E-state index is -0.0599. The fraction of sp³-hybridized carbons (Fsp3) is 0.0370. The van der Waals surface area contributed by atoms with E-state index in [1.54, 1.807) is 0 Å². The van der Waals surface area contributed by atoms with Crippen molar-refractivity contribution in [2.75, 3.05) is 0 Å². The van der Waals surface area contributed by atoms with Gasteiger partial charge in [-0.25, -0.2) is 0 Å². The van der Waals surface area contributed by atoms with Gasteiger partial charge >= 0.3 is 0 Å². The Morgan fingerprint density at radius 3 is 1.01 bits per heavy atom. The molecule has 2 atom stereocenters. The van der Waals surface area contributed by atoms with Crippen LogP contribution in [0.15, 0.2) is 489 Å². The summed E-state index contributed by atoms with van der Waals surface area (Å²) in [4.78, 5) is 0. The van der Waals surface area contributed by atoms with Crippen molar-refractivity contribution in [3.63, 3.8) is 0 Å². The van der Waals surface area contributed by atoms with Crippen molar-refractivity contribution in [3.8, 4) is 11.1 Å². The Balaban J connectivity index is 0.0000000984. The third-order valence-corrected chi connectivity index (χ3v) is 31.2. The van der Waals surface area contributed by atoms with Gasteiger partial charge in [0.15, 0.2) is 0 Å². The van der Waals surface area contributed by atoms with Crippen LogP contribution < -0.4 is 0 Å². The number of benzene rings is 20. The first-order chi connectivity index (χ1) is 66.8. The predicted molar refractivity (Wildman–Crippen MR) is 571 cm³/mol. The van der Waals surface area contributed by atoms with Gasteiger partial charge in [-0.3, -0.25) is 0 Å². The topological polar surface area (TPSA) is 0 Å². The molecule has 20 aromatic rings. The summed E-state index contributed by atoms with van der Waals surface area (Å²) in [6, 6.07) is 151. The average Bonchev–Trinajstić information content (AvgIpc) is 1.53. The van der Waals surface area contributed by atoms with E-state index in [0.717, 1.165) is 0 Å². The first-order valence-corrected chi connectivity index (χ1v) is 47.7. The molecule has 0 fully saturated rings. The standard InChI is InChI=1S/C46H28.C45H30.C44H26/c1-2-11-28(12-3-1)42-38-24-31-13-4-5-14-32(31)25-39(38)45-44(36-23-22-27-10-6-7-18-34(27)43(36)46(42)45)37-26-33-17-8-15-29-20-21-30-16-9-19-35(37)41(30)40(29)33;1-45(2)38-19-11-10-18-33(38)34-22-21-31(26-39(34)45)41-35-23-20-27-12-8-9-17-32(27)42(35)44-40(28-13-4-3-5-14-28)36-24-29-15-6-7-16-30(29)25-37(36)43(41)44;1-2-13-28(14-3-1)40-38-24-29-15-4-5-16-30(29)25-39(38)43-42(36-23-22-27-12-6-9-19-33(27)41(36)44(40)43)37-26-31-17-7-8-18-32(31)34-20-10-11-21-35(34)37/h1-26,40-41H;3-26H,1-2H3;1-26H. The fourth-order valence-corrected chi connectivity index (χ4v) is 25.5. The highest BCUT2D eigenvalue weighted by molar-refractivity contribution is 6.42. The summed E-state index contributed by atoms with van der Waals surface area (Å²) in [5, 5.41) is 20.6. The lowest BCUT2D eigenvalue weighted by atomic mass is 9.61. The van der Waals surface area contributed by atoms with E-state index in [-0.39, 0.29) is 5.41 Å².